The minimum Gasteiger partial charge on any atom is -0.497 e. The second-order valence-electron chi connectivity index (χ2n) is 6.21. The monoisotopic (exact) mass is 391 g/mol. The van der Waals surface area contributed by atoms with Crippen LogP contribution in [0.2, 0.25) is 0 Å². The molecule has 1 fully saturated rings. The Morgan fingerprint density at radius 2 is 2.00 bits per heavy atom. The highest BCUT2D eigenvalue weighted by Crippen LogP contribution is 2.19. The zero-order valence-electron chi connectivity index (χ0n) is 15.5. The zero-order valence-corrected chi connectivity index (χ0v) is 16.3. The van der Waals surface area contributed by atoms with E-state index in [4.69, 9.17) is 14.2 Å². The van der Waals surface area contributed by atoms with Crippen molar-refractivity contribution in [3.63, 3.8) is 0 Å². The smallest absolute Gasteiger partial charge is 0.226 e. The van der Waals surface area contributed by atoms with E-state index in [1.54, 1.807) is 7.11 Å². The van der Waals surface area contributed by atoms with Crippen LogP contribution < -0.4 is 14.8 Å². The van der Waals surface area contributed by atoms with Crippen molar-refractivity contribution in [1.82, 2.24) is 9.88 Å². The molecule has 0 unspecified atom stereocenters. The Bertz CT molecular complexity index is 714. The Morgan fingerprint density at radius 1 is 1.26 bits per heavy atom. The van der Waals surface area contributed by atoms with Gasteiger partial charge < -0.3 is 19.5 Å². The summed E-state index contributed by atoms with van der Waals surface area (Å²) in [4.78, 5) is 18.9. The summed E-state index contributed by atoms with van der Waals surface area (Å²) < 4.78 is 16.1. The van der Waals surface area contributed by atoms with Gasteiger partial charge in [-0.3, -0.25) is 9.69 Å². The van der Waals surface area contributed by atoms with Crippen LogP contribution in [0.15, 0.2) is 29.6 Å². The second-order valence-corrected chi connectivity index (χ2v) is 7.07. The first-order valence-corrected chi connectivity index (χ1v) is 9.92. The largest absolute Gasteiger partial charge is 0.497 e. The van der Waals surface area contributed by atoms with Crippen LogP contribution in [0.3, 0.4) is 0 Å². The minimum absolute atomic E-state index is 0.0411. The Morgan fingerprint density at radius 3 is 2.74 bits per heavy atom. The van der Waals surface area contributed by atoms with E-state index in [-0.39, 0.29) is 5.91 Å². The van der Waals surface area contributed by atoms with Gasteiger partial charge in [0, 0.05) is 31.4 Å². The maximum atomic E-state index is 12.1. The molecule has 0 atom stereocenters. The highest BCUT2D eigenvalue weighted by Gasteiger charge is 2.13. The molecular formula is C19H25N3O4S. The molecule has 1 aliphatic heterocycles. The molecule has 1 aliphatic rings. The lowest BCUT2D eigenvalue weighted by atomic mass is 10.3. The summed E-state index contributed by atoms with van der Waals surface area (Å²) in [6.45, 7) is 4.67. The number of aromatic nitrogens is 1. The fourth-order valence-corrected chi connectivity index (χ4v) is 3.42. The van der Waals surface area contributed by atoms with Crippen molar-refractivity contribution in [2.75, 3.05) is 45.3 Å². The molecule has 2 aromatic rings. The fraction of sp³-hybridized carbons (Fsp3) is 0.474. The third kappa shape index (κ3) is 6.50. The van der Waals surface area contributed by atoms with Gasteiger partial charge >= 0.3 is 0 Å². The van der Waals surface area contributed by atoms with E-state index in [1.807, 2.05) is 29.6 Å². The number of methoxy groups -OCH3 is 1. The summed E-state index contributed by atoms with van der Waals surface area (Å²) in [6.07, 6.45) is 1.04. The van der Waals surface area contributed by atoms with Crippen LogP contribution in [-0.2, 0) is 16.1 Å². The molecule has 7 nitrogen and oxygen atoms in total. The van der Waals surface area contributed by atoms with Crippen molar-refractivity contribution in [2.45, 2.75) is 19.4 Å². The van der Waals surface area contributed by atoms with Gasteiger partial charge in [0.2, 0.25) is 5.91 Å². The van der Waals surface area contributed by atoms with Crippen molar-refractivity contribution in [2.24, 2.45) is 0 Å². The molecule has 0 aliphatic carbocycles. The van der Waals surface area contributed by atoms with Crippen LogP contribution in [0, 0.1) is 0 Å². The lowest BCUT2D eigenvalue weighted by Gasteiger charge is -2.25. The highest BCUT2D eigenvalue weighted by molar-refractivity contribution is 7.13. The first kappa shape index (κ1) is 19.6. The van der Waals surface area contributed by atoms with Crippen LogP contribution in [0.5, 0.6) is 11.5 Å². The van der Waals surface area contributed by atoms with Gasteiger partial charge in [-0.2, -0.15) is 0 Å². The van der Waals surface area contributed by atoms with Crippen LogP contribution in [0.1, 0.15) is 18.5 Å². The topological polar surface area (TPSA) is 72.9 Å². The van der Waals surface area contributed by atoms with E-state index in [2.05, 4.69) is 15.2 Å². The van der Waals surface area contributed by atoms with Crippen molar-refractivity contribution in [1.29, 1.82) is 0 Å². The van der Waals surface area contributed by atoms with E-state index in [1.165, 1.54) is 11.3 Å². The average Bonchev–Trinajstić information content (AvgIpc) is 3.13. The van der Waals surface area contributed by atoms with Gasteiger partial charge in [-0.15, -0.1) is 11.3 Å². The standard InChI is InChI=1S/C19H25N3O4S/c1-24-16-4-6-17(7-5-16)26-10-2-3-18(23)21-19-20-15(14-27-19)13-22-8-11-25-12-9-22/h4-7,14H,2-3,8-13H2,1H3,(H,20,21,23). The van der Waals surface area contributed by atoms with Gasteiger partial charge in [0.05, 0.1) is 32.6 Å². The maximum absolute atomic E-state index is 12.1. The van der Waals surface area contributed by atoms with Crippen LogP contribution in [0.4, 0.5) is 5.13 Å². The summed E-state index contributed by atoms with van der Waals surface area (Å²) in [6, 6.07) is 7.40. The van der Waals surface area contributed by atoms with Gasteiger partial charge in [0.25, 0.3) is 0 Å². The van der Waals surface area contributed by atoms with Crippen LogP contribution in [-0.4, -0.2) is 55.8 Å². The van der Waals surface area contributed by atoms with Gasteiger partial charge in [0.15, 0.2) is 5.13 Å². The zero-order chi connectivity index (χ0) is 18.9. The predicted molar refractivity (Wildman–Crippen MR) is 105 cm³/mol. The first-order valence-electron chi connectivity index (χ1n) is 9.04. The molecule has 1 amide bonds. The molecule has 0 spiro atoms. The summed E-state index contributed by atoms with van der Waals surface area (Å²) in [5.41, 5.74) is 0.986. The summed E-state index contributed by atoms with van der Waals surface area (Å²) in [7, 11) is 1.63. The lowest BCUT2D eigenvalue weighted by Crippen LogP contribution is -2.35. The van der Waals surface area contributed by atoms with Crippen LogP contribution >= 0.6 is 11.3 Å². The molecule has 8 heteroatoms. The number of nitrogens with one attached hydrogen (secondary N) is 1. The molecule has 0 radical (unpaired) electrons. The number of carbonyl (C=O) groups excluding carboxylic acids is 1. The summed E-state index contributed by atoms with van der Waals surface area (Å²) >= 11 is 1.46. The van der Waals surface area contributed by atoms with Crippen molar-refractivity contribution >= 4 is 22.4 Å². The van der Waals surface area contributed by atoms with E-state index in [9.17, 15) is 4.79 Å². The molecule has 0 bridgehead atoms. The highest BCUT2D eigenvalue weighted by atomic mass is 32.1. The lowest BCUT2D eigenvalue weighted by molar-refractivity contribution is -0.116. The molecule has 0 saturated carbocycles. The number of morpholine rings is 1. The quantitative estimate of drug-likeness (QED) is 0.663. The van der Waals surface area contributed by atoms with Crippen molar-refractivity contribution in [3.05, 3.63) is 35.3 Å². The van der Waals surface area contributed by atoms with Gasteiger partial charge in [-0.25, -0.2) is 4.98 Å². The Hall–Kier alpha value is -2.16. The normalized spacial score (nSPS) is 14.7. The second kappa shape index (κ2) is 10.2. The Kier molecular flexibility index (Phi) is 7.44. The molecule has 2 heterocycles. The molecule has 146 valence electrons. The summed E-state index contributed by atoms with van der Waals surface area (Å²) in [5, 5.41) is 5.52. The number of hydrogen-bond acceptors (Lipinski definition) is 7. The van der Waals surface area contributed by atoms with E-state index < -0.39 is 0 Å². The molecule has 3 rings (SSSR count). The SMILES string of the molecule is COc1ccc(OCCCC(=O)Nc2nc(CN3CCOCC3)cs2)cc1. The molecule has 1 aromatic heterocycles. The number of amides is 1. The molecule has 1 saturated heterocycles. The minimum atomic E-state index is -0.0411. The van der Waals surface area contributed by atoms with Gasteiger partial charge in [-0.05, 0) is 30.7 Å². The Balaban J connectivity index is 1.34. The van der Waals surface area contributed by atoms with Crippen molar-refractivity contribution in [3.8, 4) is 11.5 Å². The maximum Gasteiger partial charge on any atom is 0.226 e. The fourth-order valence-electron chi connectivity index (χ4n) is 2.70. The van der Waals surface area contributed by atoms with Gasteiger partial charge in [0.1, 0.15) is 11.5 Å². The van der Waals surface area contributed by atoms with Gasteiger partial charge in [-0.1, -0.05) is 0 Å². The Labute approximate surface area is 163 Å². The third-order valence-electron chi connectivity index (χ3n) is 4.16. The number of benzene rings is 1. The number of anilines is 1. The van der Waals surface area contributed by atoms with Crippen molar-refractivity contribution < 1.29 is 19.0 Å². The number of carbonyl (C=O) groups is 1. The average molecular weight is 391 g/mol. The molecular weight excluding hydrogens is 366 g/mol. The molecule has 1 aromatic carbocycles. The number of hydrogen-bond donors (Lipinski definition) is 1. The van der Waals surface area contributed by atoms with Crippen LogP contribution in [0.25, 0.3) is 0 Å². The van der Waals surface area contributed by atoms with E-state index in [0.717, 1.165) is 50.0 Å². The van der Waals surface area contributed by atoms with E-state index in [0.29, 0.717) is 24.6 Å². The number of rotatable bonds is 9. The summed E-state index contributed by atoms with van der Waals surface area (Å²) in [5.74, 6) is 1.52. The first-order chi connectivity index (χ1) is 13.2. The number of nitrogens with zero attached hydrogens (tertiary/aromatic N) is 2. The molecule has 1 N–H and O–H groups in total. The number of ether oxygens (including phenoxy) is 3. The third-order valence-corrected chi connectivity index (χ3v) is 4.97. The van der Waals surface area contributed by atoms with E-state index >= 15 is 0 Å². The predicted octanol–water partition coefficient (Wildman–Crippen LogP) is 2.78. The molecule has 27 heavy (non-hydrogen) atoms. The number of thiazole rings is 1.